The smallest absolute Gasteiger partial charge is 0.341 e. The number of nitrogens with two attached hydrogens (primary N) is 1. The molecule has 0 aliphatic carbocycles. The summed E-state index contributed by atoms with van der Waals surface area (Å²) in [6.07, 6.45) is 2.01. The molecule has 1 fully saturated rings. The predicted octanol–water partition coefficient (Wildman–Crippen LogP) is 4.78. The molecule has 3 N–H and O–H groups in total. The van der Waals surface area contributed by atoms with Crippen molar-refractivity contribution < 1.29 is 19.0 Å². The largest absolute Gasteiger partial charge is 0.477 e. The zero-order valence-corrected chi connectivity index (χ0v) is 19.0. The van der Waals surface area contributed by atoms with Gasteiger partial charge in [-0.25, -0.2) is 9.18 Å². The SMILES string of the molecule is N[C@H]1CCN(c2c(F)cc3c(=O)c(C(=O)O)cn4c3c2Oc2c-4ccc3c2ccc2ccccc23)C1. The highest BCUT2D eigenvalue weighted by Gasteiger charge is 2.33. The lowest BCUT2D eigenvalue weighted by Gasteiger charge is -2.29. The molecule has 2 aliphatic heterocycles. The summed E-state index contributed by atoms with van der Waals surface area (Å²) in [5, 5.41) is 13.5. The second-order valence-electron chi connectivity index (χ2n) is 9.37. The molecule has 0 radical (unpaired) electrons. The van der Waals surface area contributed by atoms with E-state index in [-0.39, 0.29) is 22.9 Å². The molecule has 36 heavy (non-hydrogen) atoms. The molecule has 0 spiro atoms. The van der Waals surface area contributed by atoms with Gasteiger partial charge in [-0.2, -0.15) is 0 Å². The van der Waals surface area contributed by atoms with E-state index >= 15 is 4.39 Å². The minimum absolute atomic E-state index is 0.0427. The Labute approximate surface area is 203 Å². The molecule has 4 aromatic carbocycles. The number of benzene rings is 4. The average Bonchev–Trinajstić information content (AvgIpc) is 3.30. The lowest BCUT2D eigenvalue weighted by molar-refractivity contribution is 0.0695. The lowest BCUT2D eigenvalue weighted by atomic mass is 9.99. The average molecular weight is 481 g/mol. The van der Waals surface area contributed by atoms with E-state index in [0.29, 0.717) is 36.5 Å². The fraction of sp³-hybridized carbons (Fsp3) is 0.143. The summed E-state index contributed by atoms with van der Waals surface area (Å²) in [6, 6.07) is 16.7. The van der Waals surface area contributed by atoms with Gasteiger partial charge in [-0.1, -0.05) is 36.4 Å². The number of fused-ring (bicyclic) bond motifs is 6. The first-order chi connectivity index (χ1) is 17.4. The van der Waals surface area contributed by atoms with Crippen molar-refractivity contribution in [3.8, 4) is 17.2 Å². The number of carboxylic acid groups (broad SMARTS) is 1. The quantitative estimate of drug-likeness (QED) is 0.346. The Kier molecular flexibility index (Phi) is 4.23. The highest BCUT2D eigenvalue weighted by atomic mass is 19.1. The lowest BCUT2D eigenvalue weighted by Crippen LogP contribution is -2.28. The van der Waals surface area contributed by atoms with Gasteiger partial charge < -0.3 is 25.0 Å². The van der Waals surface area contributed by atoms with Gasteiger partial charge in [0.2, 0.25) is 5.43 Å². The van der Waals surface area contributed by atoms with Crippen molar-refractivity contribution in [3.63, 3.8) is 0 Å². The maximum atomic E-state index is 15.7. The van der Waals surface area contributed by atoms with Crippen LogP contribution in [-0.4, -0.2) is 34.8 Å². The Morgan fingerprint density at radius 1 is 1.03 bits per heavy atom. The Balaban J connectivity index is 1.62. The Hall–Kier alpha value is -4.43. The zero-order chi connectivity index (χ0) is 24.7. The van der Waals surface area contributed by atoms with Gasteiger partial charge in [0.05, 0.1) is 11.1 Å². The third-order valence-electron chi connectivity index (χ3n) is 7.26. The molecular formula is C28H20FN3O4. The number of hydrogen-bond acceptors (Lipinski definition) is 5. The number of anilines is 1. The van der Waals surface area contributed by atoms with Gasteiger partial charge >= 0.3 is 5.97 Å². The maximum absolute atomic E-state index is 15.7. The molecule has 0 unspecified atom stereocenters. The van der Waals surface area contributed by atoms with Crippen LogP contribution in [0.2, 0.25) is 0 Å². The Morgan fingerprint density at radius 2 is 1.83 bits per heavy atom. The van der Waals surface area contributed by atoms with Crippen LogP contribution in [0.15, 0.2) is 65.6 Å². The summed E-state index contributed by atoms with van der Waals surface area (Å²) < 4.78 is 23.8. The van der Waals surface area contributed by atoms with Crippen molar-refractivity contribution in [1.29, 1.82) is 0 Å². The molecular weight excluding hydrogens is 461 g/mol. The molecule has 1 atom stereocenters. The normalized spacial score (nSPS) is 16.5. The van der Waals surface area contributed by atoms with Gasteiger partial charge in [0, 0.05) is 30.7 Å². The Bertz CT molecular complexity index is 1850. The zero-order valence-electron chi connectivity index (χ0n) is 19.0. The summed E-state index contributed by atoms with van der Waals surface area (Å²) in [7, 11) is 0. The van der Waals surface area contributed by atoms with Crippen molar-refractivity contribution in [2.45, 2.75) is 12.5 Å². The number of nitrogens with zero attached hydrogens (tertiary/aromatic N) is 2. The molecule has 2 aliphatic rings. The van der Waals surface area contributed by atoms with Gasteiger partial charge in [-0.05, 0) is 40.8 Å². The molecule has 7 nitrogen and oxygen atoms in total. The molecule has 1 aromatic heterocycles. The number of halogens is 1. The summed E-state index contributed by atoms with van der Waals surface area (Å²) >= 11 is 0. The minimum atomic E-state index is -1.37. The fourth-order valence-electron chi connectivity index (χ4n) is 5.59. The summed E-state index contributed by atoms with van der Waals surface area (Å²) in [5.41, 5.74) is 6.08. The molecule has 3 heterocycles. The van der Waals surface area contributed by atoms with Crippen LogP contribution in [-0.2, 0) is 0 Å². The van der Waals surface area contributed by atoms with Crippen LogP contribution < -0.4 is 20.8 Å². The fourth-order valence-corrected chi connectivity index (χ4v) is 5.59. The molecule has 5 aromatic rings. The number of carbonyl (C=O) groups is 1. The standard InChI is InChI=1S/C28H20FN3O4/c29-21-11-19-23-27(24(21)31-10-9-15(30)12-31)36-26-18-6-5-14-3-1-2-4-16(14)17(18)7-8-22(26)32(23)13-20(25(19)33)28(34)35/h1-8,11,13,15H,9-10,12,30H2,(H,34,35)/t15-/m0/s1. The number of aromatic nitrogens is 1. The first-order valence-corrected chi connectivity index (χ1v) is 11.7. The molecule has 0 bridgehead atoms. The van der Waals surface area contributed by atoms with Gasteiger partial charge in [0.25, 0.3) is 0 Å². The van der Waals surface area contributed by atoms with Gasteiger partial charge in [-0.15, -0.1) is 0 Å². The molecule has 7 rings (SSSR count). The number of aromatic carboxylic acids is 1. The monoisotopic (exact) mass is 481 g/mol. The highest BCUT2D eigenvalue weighted by Crippen LogP contribution is 2.49. The second-order valence-corrected chi connectivity index (χ2v) is 9.37. The number of ether oxygens (including phenoxy) is 1. The van der Waals surface area contributed by atoms with Crippen LogP contribution in [0.4, 0.5) is 10.1 Å². The van der Waals surface area contributed by atoms with E-state index in [2.05, 4.69) is 0 Å². The molecule has 1 saturated heterocycles. The summed E-state index contributed by atoms with van der Waals surface area (Å²) in [6.45, 7) is 0.994. The maximum Gasteiger partial charge on any atom is 0.341 e. The van der Waals surface area contributed by atoms with E-state index in [9.17, 15) is 14.7 Å². The third kappa shape index (κ3) is 2.76. The third-order valence-corrected chi connectivity index (χ3v) is 7.26. The van der Waals surface area contributed by atoms with Crippen LogP contribution in [0.3, 0.4) is 0 Å². The van der Waals surface area contributed by atoms with Crippen molar-refractivity contribution in [2.24, 2.45) is 5.73 Å². The molecule has 0 amide bonds. The van der Waals surface area contributed by atoms with Gasteiger partial charge in [-0.3, -0.25) is 4.79 Å². The molecule has 8 heteroatoms. The second kappa shape index (κ2) is 7.29. The number of carboxylic acids is 1. The van der Waals surface area contributed by atoms with Crippen molar-refractivity contribution in [2.75, 3.05) is 18.0 Å². The van der Waals surface area contributed by atoms with E-state index in [4.69, 9.17) is 10.5 Å². The number of rotatable bonds is 2. The van der Waals surface area contributed by atoms with Crippen molar-refractivity contribution >= 4 is 44.1 Å². The van der Waals surface area contributed by atoms with Crippen molar-refractivity contribution in [3.05, 3.63) is 82.4 Å². The first-order valence-electron chi connectivity index (χ1n) is 11.7. The van der Waals surface area contributed by atoms with Crippen LogP contribution in [0.1, 0.15) is 16.8 Å². The molecule has 0 saturated carbocycles. The van der Waals surface area contributed by atoms with Crippen LogP contribution in [0.5, 0.6) is 11.5 Å². The predicted molar refractivity (Wildman–Crippen MR) is 136 cm³/mol. The number of pyridine rings is 1. The van der Waals surface area contributed by atoms with E-state index in [0.717, 1.165) is 27.6 Å². The summed E-state index contributed by atoms with van der Waals surface area (Å²) in [4.78, 5) is 26.8. The number of hydrogen-bond donors (Lipinski definition) is 2. The van der Waals surface area contributed by atoms with Gasteiger partial charge in [0.1, 0.15) is 16.8 Å². The first kappa shape index (κ1) is 20.9. The van der Waals surface area contributed by atoms with Crippen LogP contribution >= 0.6 is 0 Å². The topological polar surface area (TPSA) is 97.8 Å². The van der Waals surface area contributed by atoms with Gasteiger partial charge in [0.15, 0.2) is 17.3 Å². The van der Waals surface area contributed by atoms with Crippen LogP contribution in [0.25, 0.3) is 38.1 Å². The Morgan fingerprint density at radius 3 is 2.61 bits per heavy atom. The minimum Gasteiger partial charge on any atom is -0.477 e. The summed E-state index contributed by atoms with van der Waals surface area (Å²) in [5.74, 6) is -1.35. The van der Waals surface area contributed by atoms with Crippen LogP contribution in [0, 0.1) is 5.82 Å². The molecule has 178 valence electrons. The van der Waals surface area contributed by atoms with E-state index in [1.807, 2.05) is 53.4 Å². The van der Waals surface area contributed by atoms with E-state index in [1.165, 1.54) is 6.20 Å². The van der Waals surface area contributed by atoms with E-state index in [1.54, 1.807) is 4.57 Å². The van der Waals surface area contributed by atoms with E-state index < -0.39 is 22.8 Å². The van der Waals surface area contributed by atoms with Crippen molar-refractivity contribution in [1.82, 2.24) is 4.57 Å². The highest BCUT2D eigenvalue weighted by molar-refractivity contribution is 6.11.